The molecule has 2 aromatic rings. The van der Waals surface area contributed by atoms with Crippen LogP contribution >= 0.6 is 27.7 Å². The maximum absolute atomic E-state index is 13.2. The van der Waals surface area contributed by atoms with Gasteiger partial charge in [-0.15, -0.1) is 5.10 Å². The van der Waals surface area contributed by atoms with E-state index in [1.165, 1.54) is 0 Å². The zero-order valence-corrected chi connectivity index (χ0v) is 21.0. The summed E-state index contributed by atoms with van der Waals surface area (Å²) in [7, 11) is 0. The van der Waals surface area contributed by atoms with Gasteiger partial charge in [-0.2, -0.15) is 4.98 Å². The molecule has 1 atom stereocenters. The van der Waals surface area contributed by atoms with Gasteiger partial charge < -0.3 is 14.8 Å². The van der Waals surface area contributed by atoms with Crippen molar-refractivity contribution in [2.75, 3.05) is 17.7 Å². The van der Waals surface area contributed by atoms with Crippen LogP contribution in [0.2, 0.25) is 0 Å². The van der Waals surface area contributed by atoms with Gasteiger partial charge in [0.1, 0.15) is 11.8 Å². The van der Waals surface area contributed by atoms with Crippen molar-refractivity contribution < 1.29 is 14.3 Å². The van der Waals surface area contributed by atoms with Crippen molar-refractivity contribution in [3.05, 3.63) is 39.5 Å². The van der Waals surface area contributed by atoms with Gasteiger partial charge in [0.05, 0.1) is 18.3 Å². The Kier molecular flexibility index (Phi) is 8.05. The predicted octanol–water partition coefficient (Wildman–Crippen LogP) is 5.57. The molecule has 0 radical (unpaired) electrons. The first-order valence-corrected chi connectivity index (χ1v) is 12.3. The number of hydrogen-bond donors (Lipinski definition) is 1. The Hall–Kier alpha value is -2.00. The summed E-state index contributed by atoms with van der Waals surface area (Å²) in [5.41, 5.74) is 2.03. The topological polar surface area (TPSA) is 78.3 Å². The fourth-order valence-corrected chi connectivity index (χ4v) is 4.35. The van der Waals surface area contributed by atoms with Crippen molar-refractivity contribution in [3.63, 3.8) is 0 Å². The van der Waals surface area contributed by atoms with Gasteiger partial charge in [0.25, 0.3) is 0 Å². The fraction of sp³-hybridized carbons (Fsp3) is 0.500. The standard InChI is InChI=1S/C22H29BrN4O3S/c1-6-10-29-17-9-8-15(23)12-16(17)19-18(20(28)30-13(3)4)14(5)24-21-25-22(26-27(19)21)31-11-7-2/h8-9,12-13,19H,6-7,10-11H2,1-5H3,(H,24,25,26). The SMILES string of the molecule is CCCOc1ccc(Br)cc1C1C(C(=O)OC(C)C)=C(C)Nc2nc(SCCC)nn21. The van der Waals surface area contributed by atoms with Crippen LogP contribution in [0.3, 0.4) is 0 Å². The third-order valence-corrected chi connectivity index (χ3v) is 6.10. The number of thioether (sulfide) groups is 1. The number of ether oxygens (including phenoxy) is 2. The Balaban J connectivity index is 2.16. The molecule has 0 amide bonds. The molecule has 2 heterocycles. The van der Waals surface area contributed by atoms with Crippen molar-refractivity contribution in [2.45, 2.75) is 64.8 Å². The number of halogens is 1. The van der Waals surface area contributed by atoms with Gasteiger partial charge in [-0.05, 0) is 51.8 Å². The lowest BCUT2D eigenvalue weighted by Crippen LogP contribution is -2.31. The van der Waals surface area contributed by atoms with Crippen molar-refractivity contribution in [2.24, 2.45) is 0 Å². The summed E-state index contributed by atoms with van der Waals surface area (Å²) in [4.78, 5) is 17.8. The van der Waals surface area contributed by atoms with E-state index in [0.29, 0.717) is 34.7 Å². The molecule has 1 N–H and O–H groups in total. The van der Waals surface area contributed by atoms with Crippen LogP contribution < -0.4 is 10.1 Å². The summed E-state index contributed by atoms with van der Waals surface area (Å²) < 4.78 is 14.3. The number of carbonyl (C=O) groups is 1. The number of aromatic nitrogens is 3. The van der Waals surface area contributed by atoms with Crippen LogP contribution in [0.1, 0.15) is 59.1 Å². The number of nitrogens with zero attached hydrogens (tertiary/aromatic N) is 3. The van der Waals surface area contributed by atoms with E-state index in [2.05, 4.69) is 40.1 Å². The second-order valence-electron chi connectivity index (χ2n) is 7.56. The van der Waals surface area contributed by atoms with E-state index in [1.54, 1.807) is 16.4 Å². The van der Waals surface area contributed by atoms with E-state index < -0.39 is 6.04 Å². The first-order valence-electron chi connectivity index (χ1n) is 10.6. The highest BCUT2D eigenvalue weighted by molar-refractivity contribution is 9.10. The van der Waals surface area contributed by atoms with Gasteiger partial charge in [0.2, 0.25) is 11.1 Å². The minimum absolute atomic E-state index is 0.236. The van der Waals surface area contributed by atoms with E-state index in [0.717, 1.165) is 28.6 Å². The van der Waals surface area contributed by atoms with Crippen molar-refractivity contribution in [3.8, 4) is 5.75 Å². The van der Waals surface area contributed by atoms with Gasteiger partial charge in [-0.25, -0.2) is 9.48 Å². The maximum atomic E-state index is 13.2. The number of allylic oxidation sites excluding steroid dienone is 1. The summed E-state index contributed by atoms with van der Waals surface area (Å²) in [5, 5.41) is 8.65. The normalized spacial score (nSPS) is 15.6. The third-order valence-electron chi connectivity index (χ3n) is 4.56. The van der Waals surface area contributed by atoms with Crippen molar-refractivity contribution in [1.82, 2.24) is 14.8 Å². The van der Waals surface area contributed by atoms with E-state index in [-0.39, 0.29) is 12.1 Å². The molecule has 1 aromatic carbocycles. The van der Waals surface area contributed by atoms with Crippen LogP contribution in [-0.4, -0.2) is 39.2 Å². The number of rotatable bonds is 9. The Bertz CT molecular complexity index is 974. The van der Waals surface area contributed by atoms with Crippen LogP contribution in [0.4, 0.5) is 5.95 Å². The molecule has 1 unspecified atom stereocenters. The van der Waals surface area contributed by atoms with Gasteiger partial charge in [-0.3, -0.25) is 0 Å². The number of esters is 1. The summed E-state index contributed by atoms with van der Waals surface area (Å²) in [6.45, 7) is 10.3. The molecule has 168 valence electrons. The van der Waals surface area contributed by atoms with E-state index in [9.17, 15) is 4.79 Å². The summed E-state index contributed by atoms with van der Waals surface area (Å²) in [6, 6.07) is 5.31. The number of nitrogens with one attached hydrogen (secondary N) is 1. The van der Waals surface area contributed by atoms with Gasteiger partial charge in [0.15, 0.2) is 0 Å². The molecular weight excluding hydrogens is 480 g/mol. The van der Waals surface area contributed by atoms with Gasteiger partial charge >= 0.3 is 5.97 Å². The van der Waals surface area contributed by atoms with E-state index in [1.807, 2.05) is 39.0 Å². The van der Waals surface area contributed by atoms with Crippen LogP contribution in [0.25, 0.3) is 0 Å². The molecule has 0 fully saturated rings. The molecule has 0 saturated carbocycles. The smallest absolute Gasteiger partial charge is 0.338 e. The van der Waals surface area contributed by atoms with Crippen LogP contribution in [-0.2, 0) is 9.53 Å². The Morgan fingerprint density at radius 2 is 2.10 bits per heavy atom. The molecule has 9 heteroatoms. The van der Waals surface area contributed by atoms with Gasteiger partial charge in [0, 0.05) is 21.5 Å². The highest BCUT2D eigenvalue weighted by atomic mass is 79.9. The van der Waals surface area contributed by atoms with Crippen molar-refractivity contribution in [1.29, 1.82) is 0 Å². The second kappa shape index (κ2) is 10.5. The fourth-order valence-electron chi connectivity index (χ4n) is 3.29. The van der Waals surface area contributed by atoms with Crippen LogP contribution in [0.5, 0.6) is 5.75 Å². The molecule has 0 spiro atoms. The number of fused-ring (bicyclic) bond motifs is 1. The summed E-state index contributed by atoms with van der Waals surface area (Å²) >= 11 is 5.17. The quantitative estimate of drug-likeness (QED) is 0.350. The van der Waals surface area contributed by atoms with E-state index in [4.69, 9.17) is 14.6 Å². The lowest BCUT2D eigenvalue weighted by atomic mass is 9.95. The molecule has 3 rings (SSSR count). The maximum Gasteiger partial charge on any atom is 0.338 e. The average molecular weight is 509 g/mol. The van der Waals surface area contributed by atoms with Gasteiger partial charge in [-0.1, -0.05) is 41.5 Å². The third kappa shape index (κ3) is 5.44. The molecule has 7 nitrogen and oxygen atoms in total. The molecule has 0 aliphatic carbocycles. The van der Waals surface area contributed by atoms with Crippen molar-refractivity contribution >= 4 is 39.6 Å². The number of carbonyl (C=O) groups excluding carboxylic acids is 1. The minimum atomic E-state index is -0.518. The Labute approximate surface area is 196 Å². The number of hydrogen-bond acceptors (Lipinski definition) is 7. The first-order chi connectivity index (χ1) is 14.8. The monoisotopic (exact) mass is 508 g/mol. The molecule has 1 aliphatic heterocycles. The predicted molar refractivity (Wildman–Crippen MR) is 127 cm³/mol. The molecule has 31 heavy (non-hydrogen) atoms. The average Bonchev–Trinajstić information content (AvgIpc) is 3.11. The summed E-state index contributed by atoms with van der Waals surface area (Å²) in [5.74, 6) is 1.85. The zero-order chi connectivity index (χ0) is 22.5. The second-order valence-corrected chi connectivity index (χ2v) is 9.54. The highest BCUT2D eigenvalue weighted by Crippen LogP contribution is 2.41. The highest BCUT2D eigenvalue weighted by Gasteiger charge is 2.37. The summed E-state index contributed by atoms with van der Waals surface area (Å²) in [6.07, 6.45) is 1.67. The van der Waals surface area contributed by atoms with E-state index >= 15 is 0 Å². The Morgan fingerprint density at radius 1 is 1.32 bits per heavy atom. The Morgan fingerprint density at radius 3 is 2.77 bits per heavy atom. The molecule has 1 aromatic heterocycles. The molecular formula is C22H29BrN4O3S. The molecule has 1 aliphatic rings. The lowest BCUT2D eigenvalue weighted by molar-refractivity contribution is -0.143. The molecule has 0 bridgehead atoms. The first kappa shape index (κ1) is 23.7. The number of anilines is 1. The van der Waals surface area contributed by atoms with Crippen LogP contribution in [0, 0.1) is 0 Å². The number of benzene rings is 1. The molecule has 0 saturated heterocycles. The van der Waals surface area contributed by atoms with Crippen LogP contribution in [0.15, 0.2) is 39.1 Å². The largest absolute Gasteiger partial charge is 0.493 e. The lowest BCUT2D eigenvalue weighted by Gasteiger charge is -2.29. The zero-order valence-electron chi connectivity index (χ0n) is 18.6. The minimum Gasteiger partial charge on any atom is -0.493 e.